The molecule has 0 radical (unpaired) electrons. The number of hydrazone groups is 1. The first kappa shape index (κ1) is 14.7. The van der Waals surface area contributed by atoms with Gasteiger partial charge >= 0.3 is 12.0 Å². The van der Waals surface area contributed by atoms with E-state index in [2.05, 4.69) is 10.5 Å². The van der Waals surface area contributed by atoms with Crippen LogP contribution in [0.5, 0.6) is 0 Å². The van der Waals surface area contributed by atoms with Crippen LogP contribution in [0.25, 0.3) is 0 Å². The Labute approximate surface area is 116 Å². The highest BCUT2D eigenvalue weighted by Crippen LogP contribution is 2.45. The number of fused-ring (bicyclic) bond motifs is 1. The van der Waals surface area contributed by atoms with E-state index in [9.17, 15) is 9.59 Å². The zero-order chi connectivity index (χ0) is 14.8. The van der Waals surface area contributed by atoms with Gasteiger partial charge in [-0.1, -0.05) is 0 Å². The number of carbonyl (C=O) groups excluding carboxylic acids is 2. The number of urea groups is 1. The Morgan fingerprint density at radius 2 is 2.10 bits per heavy atom. The Morgan fingerprint density at radius 1 is 1.40 bits per heavy atom. The van der Waals surface area contributed by atoms with E-state index in [1.807, 2.05) is 0 Å². The SMILES string of the molecule is COC(=O)[C@@]12OCCCO[C@]1(C)CC/C2=N\NC(N)=O. The summed E-state index contributed by atoms with van der Waals surface area (Å²) in [5.74, 6) is -0.579. The summed E-state index contributed by atoms with van der Waals surface area (Å²) in [4.78, 5) is 23.2. The topological polar surface area (TPSA) is 112 Å². The average Bonchev–Trinajstić information content (AvgIpc) is 2.57. The molecular formula is C12H19N3O5. The monoisotopic (exact) mass is 285 g/mol. The van der Waals surface area contributed by atoms with Gasteiger partial charge in [-0.3, -0.25) is 0 Å². The fraction of sp³-hybridized carbons (Fsp3) is 0.750. The minimum absolute atomic E-state index is 0.348. The molecule has 8 nitrogen and oxygen atoms in total. The van der Waals surface area contributed by atoms with Crippen molar-refractivity contribution in [3.05, 3.63) is 0 Å². The normalized spacial score (nSPS) is 35.2. The van der Waals surface area contributed by atoms with Crippen LogP contribution in [0.4, 0.5) is 4.79 Å². The van der Waals surface area contributed by atoms with Crippen molar-refractivity contribution in [3.63, 3.8) is 0 Å². The first-order valence-electron chi connectivity index (χ1n) is 6.45. The summed E-state index contributed by atoms with van der Waals surface area (Å²) in [5, 5.41) is 3.92. The molecule has 0 aromatic heterocycles. The predicted molar refractivity (Wildman–Crippen MR) is 69.1 cm³/mol. The third-order valence-electron chi connectivity index (χ3n) is 3.79. The average molecular weight is 285 g/mol. The van der Waals surface area contributed by atoms with E-state index in [0.29, 0.717) is 38.2 Å². The number of nitrogens with two attached hydrogens (primary N) is 1. The summed E-state index contributed by atoms with van der Waals surface area (Å²) in [6.45, 7) is 2.63. The molecule has 2 fully saturated rings. The number of nitrogens with one attached hydrogen (secondary N) is 1. The Balaban J connectivity index is 2.46. The number of nitrogens with zero attached hydrogens (tertiary/aromatic N) is 1. The first-order valence-corrected chi connectivity index (χ1v) is 6.45. The molecule has 20 heavy (non-hydrogen) atoms. The highest BCUT2D eigenvalue weighted by Gasteiger charge is 2.65. The molecule has 1 saturated carbocycles. The second-order valence-corrected chi connectivity index (χ2v) is 4.99. The van der Waals surface area contributed by atoms with Crippen molar-refractivity contribution in [1.82, 2.24) is 5.43 Å². The first-order chi connectivity index (χ1) is 9.46. The summed E-state index contributed by atoms with van der Waals surface area (Å²) in [7, 11) is 1.28. The van der Waals surface area contributed by atoms with Gasteiger partial charge < -0.3 is 19.9 Å². The second-order valence-electron chi connectivity index (χ2n) is 4.99. The van der Waals surface area contributed by atoms with Crippen LogP contribution in [0.1, 0.15) is 26.2 Å². The number of hydrogen-bond donors (Lipinski definition) is 2. The van der Waals surface area contributed by atoms with Gasteiger partial charge in [-0.15, -0.1) is 0 Å². The van der Waals surface area contributed by atoms with Crippen LogP contribution in [0.2, 0.25) is 0 Å². The van der Waals surface area contributed by atoms with Crippen LogP contribution in [0, 0.1) is 0 Å². The van der Waals surface area contributed by atoms with Crippen LogP contribution in [0.15, 0.2) is 5.10 Å². The van der Waals surface area contributed by atoms with Gasteiger partial charge in [0.1, 0.15) is 5.60 Å². The number of amides is 2. The molecule has 1 saturated heterocycles. The molecule has 0 spiro atoms. The number of primary amides is 1. The number of hydrogen-bond acceptors (Lipinski definition) is 6. The molecule has 2 aliphatic rings. The maximum atomic E-state index is 12.3. The number of ether oxygens (including phenoxy) is 3. The van der Waals surface area contributed by atoms with Gasteiger partial charge in [0.25, 0.3) is 0 Å². The van der Waals surface area contributed by atoms with Gasteiger partial charge in [0.15, 0.2) is 0 Å². The number of esters is 1. The Morgan fingerprint density at radius 3 is 2.75 bits per heavy atom. The predicted octanol–water partition coefficient (Wildman–Crippen LogP) is -0.0881. The minimum atomic E-state index is -1.43. The van der Waals surface area contributed by atoms with E-state index in [0.717, 1.165) is 0 Å². The van der Waals surface area contributed by atoms with E-state index < -0.39 is 23.2 Å². The molecule has 2 atom stereocenters. The molecule has 3 N–H and O–H groups in total. The van der Waals surface area contributed by atoms with Gasteiger partial charge in [-0.2, -0.15) is 5.10 Å². The summed E-state index contributed by atoms with van der Waals surface area (Å²) < 4.78 is 16.5. The third-order valence-corrected chi connectivity index (χ3v) is 3.79. The van der Waals surface area contributed by atoms with E-state index in [-0.39, 0.29) is 0 Å². The lowest BCUT2D eigenvalue weighted by atomic mass is 9.86. The Bertz CT molecular complexity index is 452. The maximum absolute atomic E-state index is 12.3. The smallest absolute Gasteiger partial charge is 0.347 e. The van der Waals surface area contributed by atoms with Crippen LogP contribution in [0.3, 0.4) is 0 Å². The third kappa shape index (κ3) is 2.14. The molecule has 1 heterocycles. The van der Waals surface area contributed by atoms with Crippen molar-refractivity contribution in [2.24, 2.45) is 10.8 Å². The molecule has 112 valence electrons. The summed E-state index contributed by atoms with van der Waals surface area (Å²) in [5.41, 5.74) is 5.23. The lowest BCUT2D eigenvalue weighted by Gasteiger charge is -2.38. The Kier molecular flexibility index (Phi) is 3.96. The summed E-state index contributed by atoms with van der Waals surface area (Å²) in [6, 6.07) is -0.805. The van der Waals surface area contributed by atoms with Crippen LogP contribution in [-0.2, 0) is 19.0 Å². The van der Waals surface area contributed by atoms with Crippen molar-refractivity contribution < 1.29 is 23.8 Å². The lowest BCUT2D eigenvalue weighted by molar-refractivity contribution is -0.183. The van der Waals surface area contributed by atoms with E-state index >= 15 is 0 Å². The van der Waals surface area contributed by atoms with Gasteiger partial charge in [-0.25, -0.2) is 15.0 Å². The van der Waals surface area contributed by atoms with Crippen LogP contribution < -0.4 is 11.2 Å². The largest absolute Gasteiger partial charge is 0.466 e. The zero-order valence-electron chi connectivity index (χ0n) is 11.6. The minimum Gasteiger partial charge on any atom is -0.466 e. The number of rotatable bonds is 2. The molecule has 1 aliphatic carbocycles. The van der Waals surface area contributed by atoms with Crippen molar-refractivity contribution >= 4 is 17.7 Å². The molecule has 2 amide bonds. The Hall–Kier alpha value is -1.67. The fourth-order valence-corrected chi connectivity index (χ4v) is 2.80. The highest BCUT2D eigenvalue weighted by molar-refractivity contribution is 6.13. The van der Waals surface area contributed by atoms with Gasteiger partial charge in [-0.05, 0) is 26.2 Å². The summed E-state index contributed by atoms with van der Waals surface area (Å²) in [6.07, 6.45) is 1.66. The molecule has 0 aromatic carbocycles. The maximum Gasteiger partial charge on any atom is 0.347 e. The lowest BCUT2D eigenvalue weighted by Crippen LogP contribution is -2.61. The fourth-order valence-electron chi connectivity index (χ4n) is 2.80. The number of carbonyl (C=O) groups is 2. The van der Waals surface area contributed by atoms with Crippen molar-refractivity contribution in [3.8, 4) is 0 Å². The number of methoxy groups -OCH3 is 1. The molecule has 2 rings (SSSR count). The van der Waals surface area contributed by atoms with Gasteiger partial charge in [0.2, 0.25) is 5.60 Å². The molecular weight excluding hydrogens is 266 g/mol. The van der Waals surface area contributed by atoms with Gasteiger partial charge in [0, 0.05) is 6.61 Å². The molecule has 8 heteroatoms. The van der Waals surface area contributed by atoms with Crippen LogP contribution in [-0.4, -0.2) is 49.2 Å². The van der Waals surface area contributed by atoms with E-state index in [1.165, 1.54) is 7.11 Å². The molecule has 0 bridgehead atoms. The standard InChI is InChI=1S/C12H19N3O5/c1-11-5-4-8(14-15-10(13)17)12(11,9(16)18-2)20-7-3-6-19-11/h3-7H2,1-2H3,(H3,13,15,17)/b14-8+/t11-,12-/m1/s1. The van der Waals surface area contributed by atoms with Crippen LogP contribution >= 0.6 is 0 Å². The highest BCUT2D eigenvalue weighted by atomic mass is 16.6. The molecule has 0 aromatic rings. The van der Waals surface area contributed by atoms with Crippen molar-refractivity contribution in [2.75, 3.05) is 20.3 Å². The van der Waals surface area contributed by atoms with E-state index in [1.54, 1.807) is 6.92 Å². The second kappa shape index (κ2) is 5.37. The van der Waals surface area contributed by atoms with Crippen molar-refractivity contribution in [1.29, 1.82) is 0 Å². The van der Waals surface area contributed by atoms with Gasteiger partial charge in [0.05, 0.1) is 19.4 Å². The van der Waals surface area contributed by atoms with E-state index in [4.69, 9.17) is 19.9 Å². The molecule has 0 unspecified atom stereocenters. The summed E-state index contributed by atoms with van der Waals surface area (Å²) >= 11 is 0. The molecule has 1 aliphatic heterocycles. The quantitative estimate of drug-likeness (QED) is 0.544. The zero-order valence-corrected chi connectivity index (χ0v) is 11.6. The van der Waals surface area contributed by atoms with Crippen molar-refractivity contribution in [2.45, 2.75) is 37.4 Å².